The van der Waals surface area contributed by atoms with Gasteiger partial charge in [0.1, 0.15) is 6.07 Å². The summed E-state index contributed by atoms with van der Waals surface area (Å²) in [4.78, 5) is 4.40. The van der Waals surface area contributed by atoms with Crippen molar-refractivity contribution in [3.8, 4) is 6.07 Å². The van der Waals surface area contributed by atoms with Crippen molar-refractivity contribution in [1.29, 1.82) is 5.26 Å². The lowest BCUT2D eigenvalue weighted by atomic mass is 10.1. The second-order valence-electron chi connectivity index (χ2n) is 7.14. The molecule has 0 amide bonds. The van der Waals surface area contributed by atoms with E-state index in [2.05, 4.69) is 21.7 Å². The molecule has 1 unspecified atom stereocenters. The molecule has 1 atom stereocenters. The first kappa shape index (κ1) is 21.8. The minimum atomic E-state index is -2.10. The highest BCUT2D eigenvalue weighted by molar-refractivity contribution is 7.78. The average Bonchev–Trinajstić information content (AvgIpc) is 2.78. The van der Waals surface area contributed by atoms with E-state index >= 15 is 0 Å². The molecule has 0 saturated heterocycles. The van der Waals surface area contributed by atoms with E-state index in [-0.39, 0.29) is 5.75 Å². The summed E-state index contributed by atoms with van der Waals surface area (Å²) < 4.78 is 21.7. The van der Waals surface area contributed by atoms with E-state index in [9.17, 15) is 14.0 Å². The molecule has 0 aliphatic heterocycles. The lowest BCUT2D eigenvalue weighted by Gasteiger charge is -2.14. The lowest BCUT2D eigenvalue weighted by molar-refractivity contribution is 0.536. The quantitative estimate of drug-likeness (QED) is 0.353. The third-order valence-corrected chi connectivity index (χ3v) is 5.69. The maximum absolute atomic E-state index is 10.8. The van der Waals surface area contributed by atoms with E-state index in [1.165, 1.54) is 0 Å². The van der Waals surface area contributed by atoms with Crippen LogP contribution in [0.1, 0.15) is 16.7 Å². The highest BCUT2D eigenvalue weighted by Crippen LogP contribution is 2.31. The van der Waals surface area contributed by atoms with Gasteiger partial charge in [-0.2, -0.15) is 5.26 Å². The van der Waals surface area contributed by atoms with Crippen molar-refractivity contribution in [2.45, 2.75) is 12.3 Å². The van der Waals surface area contributed by atoms with E-state index in [1.54, 1.807) is 18.3 Å². The number of halogens is 1. The average molecular weight is 462 g/mol. The molecule has 3 aromatic carbocycles. The predicted molar refractivity (Wildman–Crippen MR) is 128 cm³/mol. The maximum atomic E-state index is 10.8. The number of nitrogens with one attached hydrogen (secondary N) is 2. The molecule has 0 aliphatic carbocycles. The number of benzene rings is 3. The maximum Gasteiger partial charge on any atom is 0.103 e. The second kappa shape index (κ2) is 9.79. The van der Waals surface area contributed by atoms with Gasteiger partial charge >= 0.3 is 0 Å². The number of pyridine rings is 1. The number of aromatic nitrogens is 1. The Morgan fingerprint density at radius 1 is 1.03 bits per heavy atom. The fourth-order valence-corrected chi connectivity index (χ4v) is 3.98. The summed E-state index contributed by atoms with van der Waals surface area (Å²) in [6.07, 6.45) is 1.55. The molecule has 8 heteroatoms. The third-order valence-electron chi connectivity index (χ3n) is 4.89. The molecule has 0 radical (unpaired) electrons. The SMILES string of the molecule is N#Cc1cnc2ccc(NCc3ccc(CS(=O)[O-])cc3)cc2c1Nc1cccc(Cl)c1. The Morgan fingerprint density at radius 3 is 2.53 bits per heavy atom. The molecule has 4 aromatic rings. The molecule has 4 rings (SSSR count). The molecule has 0 aliphatic rings. The molecule has 0 spiro atoms. The van der Waals surface area contributed by atoms with Gasteiger partial charge in [-0.15, -0.1) is 0 Å². The van der Waals surface area contributed by atoms with Crippen molar-refractivity contribution >= 4 is 50.6 Å². The fourth-order valence-electron chi connectivity index (χ4n) is 3.33. The van der Waals surface area contributed by atoms with E-state index in [0.717, 1.165) is 33.4 Å². The van der Waals surface area contributed by atoms with Crippen molar-refractivity contribution in [2.75, 3.05) is 10.6 Å². The van der Waals surface area contributed by atoms with Crippen LogP contribution in [0.3, 0.4) is 0 Å². The van der Waals surface area contributed by atoms with E-state index in [1.807, 2.05) is 54.6 Å². The monoisotopic (exact) mass is 461 g/mol. The standard InChI is InChI=1S/C24H19ClN4O2S/c25-19-2-1-3-21(10-19)29-24-18(12-26)14-28-23-9-8-20(11-22(23)24)27-13-16-4-6-17(7-5-16)15-32(30)31/h1-11,14,27H,13,15H2,(H,28,29)(H,30,31)/p-1. The molecular formula is C24H18ClN4O2S-. The molecule has 0 fully saturated rings. The summed E-state index contributed by atoms with van der Waals surface area (Å²) in [5, 5.41) is 17.7. The molecule has 160 valence electrons. The number of fused-ring (bicyclic) bond motifs is 1. The van der Waals surface area contributed by atoms with Crippen molar-refractivity contribution in [3.05, 3.63) is 94.6 Å². The molecule has 2 N–H and O–H groups in total. The van der Waals surface area contributed by atoms with Crippen molar-refractivity contribution in [2.24, 2.45) is 0 Å². The zero-order valence-electron chi connectivity index (χ0n) is 16.8. The summed E-state index contributed by atoms with van der Waals surface area (Å²) in [6.45, 7) is 0.564. The van der Waals surface area contributed by atoms with Crippen LogP contribution < -0.4 is 10.6 Å². The first-order valence-electron chi connectivity index (χ1n) is 9.75. The zero-order valence-corrected chi connectivity index (χ0v) is 18.4. The van der Waals surface area contributed by atoms with Crippen LogP contribution in [0.15, 0.2) is 72.9 Å². The van der Waals surface area contributed by atoms with Gasteiger partial charge in [-0.1, -0.05) is 53.0 Å². The van der Waals surface area contributed by atoms with E-state index < -0.39 is 11.1 Å². The van der Waals surface area contributed by atoms with Gasteiger partial charge in [-0.05, 0) is 47.5 Å². The molecule has 1 heterocycles. The Balaban J connectivity index is 1.60. The molecule has 1 aromatic heterocycles. The summed E-state index contributed by atoms with van der Waals surface area (Å²) in [7, 11) is 0. The van der Waals surface area contributed by atoms with Crippen LogP contribution in [0.25, 0.3) is 10.9 Å². The van der Waals surface area contributed by atoms with Gasteiger partial charge in [0.05, 0.1) is 16.8 Å². The zero-order chi connectivity index (χ0) is 22.5. The third kappa shape index (κ3) is 5.24. The largest absolute Gasteiger partial charge is 0.772 e. The van der Waals surface area contributed by atoms with Gasteiger partial charge in [-0.25, -0.2) is 0 Å². The Kier molecular flexibility index (Phi) is 6.66. The highest BCUT2D eigenvalue weighted by Gasteiger charge is 2.11. The Labute approximate surface area is 193 Å². The van der Waals surface area contributed by atoms with Gasteiger partial charge in [0.2, 0.25) is 0 Å². The van der Waals surface area contributed by atoms with E-state index in [0.29, 0.717) is 22.8 Å². The van der Waals surface area contributed by atoms with Gasteiger partial charge in [0, 0.05) is 40.3 Å². The van der Waals surface area contributed by atoms with Crippen LogP contribution in [0.4, 0.5) is 17.1 Å². The smallest absolute Gasteiger partial charge is 0.103 e. The highest BCUT2D eigenvalue weighted by atomic mass is 35.5. The molecule has 0 bridgehead atoms. The molecule has 32 heavy (non-hydrogen) atoms. The normalized spacial score (nSPS) is 11.7. The van der Waals surface area contributed by atoms with Gasteiger partial charge < -0.3 is 15.2 Å². The minimum Gasteiger partial charge on any atom is -0.772 e. The summed E-state index contributed by atoms with van der Waals surface area (Å²) in [5.41, 5.74) is 5.27. The summed E-state index contributed by atoms with van der Waals surface area (Å²) >= 11 is 4.00. The van der Waals surface area contributed by atoms with Gasteiger partial charge in [-0.3, -0.25) is 9.19 Å². The van der Waals surface area contributed by atoms with Crippen molar-refractivity contribution in [1.82, 2.24) is 4.98 Å². The minimum absolute atomic E-state index is 0.00894. The van der Waals surface area contributed by atoms with Crippen LogP contribution in [0.2, 0.25) is 5.02 Å². The fraction of sp³-hybridized carbons (Fsp3) is 0.0833. The van der Waals surface area contributed by atoms with Crippen molar-refractivity contribution in [3.63, 3.8) is 0 Å². The number of hydrogen-bond acceptors (Lipinski definition) is 6. The summed E-state index contributed by atoms with van der Waals surface area (Å²) in [6, 6.07) is 22.7. The Bertz CT molecular complexity index is 1340. The number of rotatable bonds is 7. The number of nitriles is 1. The number of hydrogen-bond donors (Lipinski definition) is 2. The number of nitrogens with zero attached hydrogens (tertiary/aromatic N) is 2. The van der Waals surface area contributed by atoms with Gasteiger partial charge in [0.15, 0.2) is 0 Å². The van der Waals surface area contributed by atoms with Gasteiger partial charge in [0.25, 0.3) is 0 Å². The van der Waals surface area contributed by atoms with Crippen LogP contribution >= 0.6 is 11.6 Å². The first-order chi connectivity index (χ1) is 15.5. The Hall–Kier alpha value is -3.44. The second-order valence-corrected chi connectivity index (χ2v) is 8.48. The number of anilines is 3. The molecule has 6 nitrogen and oxygen atoms in total. The van der Waals surface area contributed by atoms with E-state index in [4.69, 9.17) is 11.6 Å². The molecule has 0 saturated carbocycles. The first-order valence-corrected chi connectivity index (χ1v) is 11.4. The van der Waals surface area contributed by atoms with Crippen LogP contribution in [-0.4, -0.2) is 13.7 Å². The predicted octanol–water partition coefficient (Wildman–Crippen LogP) is 5.49. The Morgan fingerprint density at radius 2 is 1.81 bits per heavy atom. The lowest BCUT2D eigenvalue weighted by Crippen LogP contribution is -2.01. The van der Waals surface area contributed by atoms with Crippen LogP contribution in [-0.2, 0) is 23.4 Å². The van der Waals surface area contributed by atoms with Crippen LogP contribution in [0, 0.1) is 11.3 Å². The van der Waals surface area contributed by atoms with Crippen molar-refractivity contribution < 1.29 is 8.76 Å². The molecular weight excluding hydrogens is 444 g/mol. The summed E-state index contributed by atoms with van der Waals surface area (Å²) in [5.74, 6) is 0.00894. The topological polar surface area (TPSA) is 101 Å². The van der Waals surface area contributed by atoms with Crippen LogP contribution in [0.5, 0.6) is 0 Å².